The van der Waals surface area contributed by atoms with Gasteiger partial charge < -0.3 is 12.3 Å². The van der Waals surface area contributed by atoms with Gasteiger partial charge in [0.05, 0.1) is 0 Å². The SMILES string of the molecule is [Os+2].c1ccc(P([CH-][CH-]P(c2ccccc2)c2ccccc2)c2ccccc2)cc1. The molecule has 0 unspecified atom stereocenters. The van der Waals surface area contributed by atoms with Gasteiger partial charge in [-0.15, -0.1) is 0 Å². The van der Waals surface area contributed by atoms with E-state index in [0.717, 1.165) is 0 Å². The van der Waals surface area contributed by atoms with Gasteiger partial charge in [0.25, 0.3) is 0 Å². The zero-order chi connectivity index (χ0) is 19.0. The first-order chi connectivity index (χ1) is 13.9. The second kappa shape index (κ2) is 11.5. The van der Waals surface area contributed by atoms with Crippen molar-refractivity contribution in [2.45, 2.75) is 0 Å². The van der Waals surface area contributed by atoms with Gasteiger partial charge in [0.2, 0.25) is 0 Å². The molecule has 0 atom stereocenters. The summed E-state index contributed by atoms with van der Waals surface area (Å²) in [5.74, 6) is 0. The molecule has 4 aromatic carbocycles. The fourth-order valence-corrected chi connectivity index (χ4v) is 7.45. The molecule has 4 aromatic rings. The van der Waals surface area contributed by atoms with Gasteiger partial charge in [-0.1, -0.05) is 143 Å². The zero-order valence-corrected chi connectivity index (χ0v) is 20.3. The molecule has 144 valence electrons. The standard InChI is InChI=1S/C26H22P2.Os/c1-5-13-23(14-6-1)27(24-15-7-2-8-16-24)21-22-28(25-17-9-3-10-18-25)26-19-11-4-12-20-26;/h1-22H;/q-2;+2. The van der Waals surface area contributed by atoms with Gasteiger partial charge in [0.1, 0.15) is 0 Å². The van der Waals surface area contributed by atoms with Crippen LogP contribution in [0.5, 0.6) is 0 Å². The quantitative estimate of drug-likeness (QED) is 0.196. The van der Waals surface area contributed by atoms with E-state index in [2.05, 4.69) is 134 Å². The van der Waals surface area contributed by atoms with Gasteiger partial charge in [0.15, 0.2) is 0 Å². The van der Waals surface area contributed by atoms with Crippen LogP contribution in [0.2, 0.25) is 0 Å². The minimum absolute atomic E-state index is 0. The van der Waals surface area contributed by atoms with E-state index in [1.54, 1.807) is 0 Å². The van der Waals surface area contributed by atoms with Crippen molar-refractivity contribution in [1.82, 2.24) is 0 Å². The molecule has 0 bridgehead atoms. The summed E-state index contributed by atoms with van der Waals surface area (Å²) in [5, 5.41) is 5.54. The third-order valence-electron chi connectivity index (χ3n) is 4.50. The van der Waals surface area contributed by atoms with Crippen LogP contribution in [-0.4, -0.2) is 0 Å². The van der Waals surface area contributed by atoms with Crippen LogP contribution >= 0.6 is 15.8 Å². The van der Waals surface area contributed by atoms with E-state index in [-0.39, 0.29) is 19.8 Å². The van der Waals surface area contributed by atoms with Crippen molar-refractivity contribution < 1.29 is 19.8 Å². The number of hydrogen-bond acceptors (Lipinski definition) is 0. The van der Waals surface area contributed by atoms with E-state index in [4.69, 9.17) is 0 Å². The predicted octanol–water partition coefficient (Wildman–Crippen LogP) is 5.57. The molecule has 0 spiro atoms. The molecular weight excluding hydrogens is 564 g/mol. The maximum atomic E-state index is 2.45. The van der Waals surface area contributed by atoms with Crippen molar-refractivity contribution in [3.05, 3.63) is 134 Å². The van der Waals surface area contributed by atoms with E-state index < -0.39 is 15.8 Å². The Morgan fingerprint density at radius 1 is 0.345 bits per heavy atom. The first-order valence-corrected chi connectivity index (χ1v) is 12.2. The average molecular weight is 587 g/mol. The molecule has 4 rings (SSSR count). The Bertz CT molecular complexity index is 798. The minimum Gasteiger partial charge on any atom is -0.454 e. The Morgan fingerprint density at radius 2 is 0.552 bits per heavy atom. The van der Waals surface area contributed by atoms with Crippen LogP contribution in [0.3, 0.4) is 0 Å². The monoisotopic (exact) mass is 588 g/mol. The predicted molar refractivity (Wildman–Crippen MR) is 127 cm³/mol. The molecule has 0 nitrogen and oxygen atoms in total. The van der Waals surface area contributed by atoms with Crippen molar-refractivity contribution in [2.75, 3.05) is 0 Å². The van der Waals surface area contributed by atoms with Gasteiger partial charge in [0, 0.05) is 0 Å². The summed E-state index contributed by atoms with van der Waals surface area (Å²) in [5.41, 5.74) is 0. The van der Waals surface area contributed by atoms with E-state index in [0.29, 0.717) is 0 Å². The largest absolute Gasteiger partial charge is 2.00 e. The maximum absolute atomic E-state index is 2.45. The summed E-state index contributed by atoms with van der Waals surface area (Å²) < 4.78 is 0. The number of hydrogen-bond donors (Lipinski definition) is 0. The van der Waals surface area contributed by atoms with E-state index >= 15 is 0 Å². The molecule has 0 aromatic heterocycles. The summed E-state index contributed by atoms with van der Waals surface area (Å²) in [6, 6.07) is 43.4. The molecule has 0 aliphatic heterocycles. The smallest absolute Gasteiger partial charge is 0.454 e. The number of benzene rings is 4. The second-order valence-corrected chi connectivity index (χ2v) is 10.5. The third kappa shape index (κ3) is 5.94. The Kier molecular flexibility index (Phi) is 8.78. The van der Waals surface area contributed by atoms with Crippen LogP contribution in [0, 0.1) is 12.3 Å². The molecule has 0 N–H and O–H groups in total. The van der Waals surface area contributed by atoms with Crippen molar-refractivity contribution in [2.24, 2.45) is 0 Å². The molecule has 3 heteroatoms. The molecule has 29 heavy (non-hydrogen) atoms. The van der Waals surface area contributed by atoms with Crippen molar-refractivity contribution in [3.63, 3.8) is 0 Å². The molecule has 0 aliphatic rings. The zero-order valence-electron chi connectivity index (χ0n) is 15.9. The van der Waals surface area contributed by atoms with Crippen molar-refractivity contribution >= 4 is 37.1 Å². The third-order valence-corrected chi connectivity index (χ3v) is 9.05. The van der Waals surface area contributed by atoms with Gasteiger partial charge in [-0.3, -0.25) is 0 Å². The summed E-state index contributed by atoms with van der Waals surface area (Å²) in [6.45, 7) is 0. The summed E-state index contributed by atoms with van der Waals surface area (Å²) in [7, 11) is -1.06. The normalized spacial score (nSPS) is 10.7. The van der Waals surface area contributed by atoms with Crippen molar-refractivity contribution in [1.29, 1.82) is 0 Å². The van der Waals surface area contributed by atoms with Gasteiger partial charge in [-0.2, -0.15) is 0 Å². The van der Waals surface area contributed by atoms with Crippen LogP contribution in [0.1, 0.15) is 0 Å². The van der Waals surface area contributed by atoms with Crippen LogP contribution in [0.25, 0.3) is 0 Å². The molecule has 0 aliphatic carbocycles. The Labute approximate surface area is 190 Å². The van der Waals surface area contributed by atoms with E-state index in [1.807, 2.05) is 0 Å². The minimum atomic E-state index is -0.528. The first kappa shape index (κ1) is 22.1. The fraction of sp³-hybridized carbons (Fsp3) is 0. The Hall–Kier alpha value is -1.62. The van der Waals surface area contributed by atoms with E-state index in [1.165, 1.54) is 21.2 Å². The Morgan fingerprint density at radius 3 is 0.759 bits per heavy atom. The average Bonchev–Trinajstić information content (AvgIpc) is 2.79. The van der Waals surface area contributed by atoms with Gasteiger partial charge in [-0.05, 0) is 0 Å². The molecular formula is C26H22OsP2. The van der Waals surface area contributed by atoms with Crippen LogP contribution in [0.15, 0.2) is 121 Å². The molecule has 0 heterocycles. The summed E-state index contributed by atoms with van der Waals surface area (Å²) >= 11 is 0. The molecule has 0 saturated carbocycles. The van der Waals surface area contributed by atoms with Crippen LogP contribution < -0.4 is 21.2 Å². The van der Waals surface area contributed by atoms with Crippen LogP contribution in [0.4, 0.5) is 0 Å². The maximum Gasteiger partial charge on any atom is 2.00 e. The molecule has 0 radical (unpaired) electrons. The fourth-order valence-electron chi connectivity index (χ4n) is 3.13. The van der Waals surface area contributed by atoms with Gasteiger partial charge in [-0.25, -0.2) is 15.8 Å². The van der Waals surface area contributed by atoms with Crippen LogP contribution in [-0.2, 0) is 19.8 Å². The summed E-state index contributed by atoms with van der Waals surface area (Å²) in [4.78, 5) is 0. The van der Waals surface area contributed by atoms with Crippen molar-refractivity contribution in [3.8, 4) is 0 Å². The molecule has 0 fully saturated rings. The summed E-state index contributed by atoms with van der Waals surface area (Å²) in [6.07, 6.45) is 4.90. The van der Waals surface area contributed by atoms with E-state index in [9.17, 15) is 0 Å². The van der Waals surface area contributed by atoms with Gasteiger partial charge >= 0.3 is 19.8 Å². The Balaban J connectivity index is 0.00000240. The molecule has 0 saturated heterocycles. The number of rotatable bonds is 7. The second-order valence-electron chi connectivity index (χ2n) is 6.38. The topological polar surface area (TPSA) is 0 Å². The molecule has 0 amide bonds. The first-order valence-electron chi connectivity index (χ1n) is 9.39.